The molecule has 0 aromatic rings. The van der Waals surface area contributed by atoms with Gasteiger partial charge in [0, 0.05) is 6.42 Å². The van der Waals surface area contributed by atoms with Gasteiger partial charge in [-0.2, -0.15) is 0 Å². The molecule has 4 nitrogen and oxygen atoms in total. The van der Waals surface area contributed by atoms with Crippen molar-refractivity contribution in [3.8, 4) is 0 Å². The fourth-order valence-electron chi connectivity index (χ4n) is 0.965. The van der Waals surface area contributed by atoms with Crippen LogP contribution in [0.15, 0.2) is 0 Å². The number of hydrogen-bond acceptors (Lipinski definition) is 3. The zero-order valence-electron chi connectivity index (χ0n) is 5.29. The molecule has 1 aliphatic rings. The number of rotatable bonds is 2. The summed E-state index contributed by atoms with van der Waals surface area (Å²) < 4.78 is 0. The fourth-order valence-corrected chi connectivity index (χ4v) is 0.965. The predicted octanol–water partition coefficient (Wildman–Crippen LogP) is -0.967. The molecule has 10 heavy (non-hydrogen) atoms. The van der Waals surface area contributed by atoms with Gasteiger partial charge in [0.2, 0.25) is 6.41 Å². The Kier molecular flexibility index (Phi) is 1.80. The molecular formula is C6H7NO3. The van der Waals surface area contributed by atoms with Crippen LogP contribution in [0.1, 0.15) is 12.8 Å². The quantitative estimate of drug-likeness (QED) is 0.397. The maximum Gasteiger partial charge on any atom is 0.207 e. The number of hydrogen-bond donors (Lipinski definition) is 1. The van der Waals surface area contributed by atoms with E-state index in [-0.39, 0.29) is 24.4 Å². The first-order valence-corrected chi connectivity index (χ1v) is 2.98. The molecule has 1 saturated carbocycles. The largest absolute Gasteiger partial charge is 0.348 e. The molecule has 0 aromatic carbocycles. The SMILES string of the molecule is O=CN[C@H]1CC(=O)CC1=O. The molecule has 0 bridgehead atoms. The average Bonchev–Trinajstić information content (AvgIpc) is 2.13. The Hall–Kier alpha value is -1.19. The lowest BCUT2D eigenvalue weighted by Gasteiger charge is -2.01. The van der Waals surface area contributed by atoms with E-state index in [0.717, 1.165) is 0 Å². The minimum Gasteiger partial charge on any atom is -0.348 e. The second-order valence-corrected chi connectivity index (χ2v) is 2.22. The summed E-state index contributed by atoms with van der Waals surface area (Å²) in [5.74, 6) is -0.276. The van der Waals surface area contributed by atoms with Gasteiger partial charge in [-0.15, -0.1) is 0 Å². The van der Waals surface area contributed by atoms with Crippen molar-refractivity contribution >= 4 is 18.0 Å². The van der Waals surface area contributed by atoms with Gasteiger partial charge < -0.3 is 5.32 Å². The van der Waals surface area contributed by atoms with Gasteiger partial charge in [0.1, 0.15) is 5.78 Å². The highest BCUT2D eigenvalue weighted by Crippen LogP contribution is 2.09. The van der Waals surface area contributed by atoms with E-state index in [1.165, 1.54) is 0 Å². The van der Waals surface area contributed by atoms with Crippen molar-refractivity contribution in [2.24, 2.45) is 0 Å². The zero-order valence-corrected chi connectivity index (χ0v) is 5.29. The summed E-state index contributed by atoms with van der Waals surface area (Å²) in [6.45, 7) is 0. The van der Waals surface area contributed by atoms with Crippen LogP contribution in [0.25, 0.3) is 0 Å². The monoisotopic (exact) mass is 141 g/mol. The number of nitrogens with one attached hydrogen (secondary N) is 1. The molecule has 1 aliphatic carbocycles. The van der Waals surface area contributed by atoms with Crippen molar-refractivity contribution in [3.05, 3.63) is 0 Å². The van der Waals surface area contributed by atoms with Gasteiger partial charge in [-0.1, -0.05) is 0 Å². The van der Waals surface area contributed by atoms with Gasteiger partial charge in [0.25, 0.3) is 0 Å². The minimum atomic E-state index is -0.551. The van der Waals surface area contributed by atoms with Crippen molar-refractivity contribution in [3.63, 3.8) is 0 Å². The summed E-state index contributed by atoms with van der Waals surface area (Å²) in [7, 11) is 0. The Balaban J connectivity index is 2.54. The summed E-state index contributed by atoms with van der Waals surface area (Å²) >= 11 is 0. The Bertz CT molecular complexity index is 187. The van der Waals surface area contributed by atoms with Gasteiger partial charge >= 0.3 is 0 Å². The van der Waals surface area contributed by atoms with Crippen LogP contribution in [0.5, 0.6) is 0 Å². The zero-order chi connectivity index (χ0) is 7.56. The first-order chi connectivity index (χ1) is 4.74. The molecule has 1 atom stereocenters. The van der Waals surface area contributed by atoms with E-state index in [9.17, 15) is 14.4 Å². The number of Topliss-reactive ketones (excluding diaryl/α,β-unsaturated/α-hetero) is 2. The third-order valence-electron chi connectivity index (χ3n) is 1.46. The Morgan fingerprint density at radius 2 is 2.20 bits per heavy atom. The van der Waals surface area contributed by atoms with Crippen LogP contribution in [0.3, 0.4) is 0 Å². The van der Waals surface area contributed by atoms with Crippen LogP contribution >= 0.6 is 0 Å². The standard InChI is InChI=1S/C6H7NO3/c8-3-7-5-1-4(9)2-6(5)10/h3,5H,1-2H2,(H,7,8)/t5-/m0/s1. The topological polar surface area (TPSA) is 63.2 Å². The van der Waals surface area contributed by atoms with Crippen LogP contribution < -0.4 is 5.32 Å². The maximum atomic E-state index is 10.7. The summed E-state index contributed by atoms with van der Waals surface area (Å²) in [5, 5.41) is 2.27. The fraction of sp³-hybridized carbons (Fsp3) is 0.500. The van der Waals surface area contributed by atoms with Gasteiger partial charge in [-0.05, 0) is 0 Å². The number of carbonyl (C=O) groups is 3. The minimum absolute atomic E-state index is 0.0223. The van der Waals surface area contributed by atoms with Crippen LogP contribution in [0.2, 0.25) is 0 Å². The smallest absolute Gasteiger partial charge is 0.207 e. The Labute approximate surface area is 57.6 Å². The van der Waals surface area contributed by atoms with E-state index < -0.39 is 6.04 Å². The molecular weight excluding hydrogens is 134 g/mol. The van der Waals surface area contributed by atoms with Crippen molar-refractivity contribution in [1.29, 1.82) is 0 Å². The summed E-state index contributed by atoms with van der Waals surface area (Å²) in [4.78, 5) is 31.1. The molecule has 1 rings (SSSR count). The van der Waals surface area contributed by atoms with Crippen molar-refractivity contribution in [1.82, 2.24) is 5.32 Å². The molecule has 4 heteroatoms. The molecule has 1 amide bonds. The highest BCUT2D eigenvalue weighted by Gasteiger charge is 2.29. The van der Waals surface area contributed by atoms with Crippen LogP contribution in [0.4, 0.5) is 0 Å². The normalized spacial score (nSPS) is 25.0. The Morgan fingerprint density at radius 1 is 1.50 bits per heavy atom. The third-order valence-corrected chi connectivity index (χ3v) is 1.46. The average molecular weight is 141 g/mol. The van der Waals surface area contributed by atoms with Crippen molar-refractivity contribution in [2.75, 3.05) is 0 Å². The van der Waals surface area contributed by atoms with Crippen molar-refractivity contribution in [2.45, 2.75) is 18.9 Å². The van der Waals surface area contributed by atoms with Gasteiger partial charge in [-0.25, -0.2) is 0 Å². The van der Waals surface area contributed by atoms with Gasteiger partial charge in [0.15, 0.2) is 5.78 Å². The van der Waals surface area contributed by atoms with E-state index in [4.69, 9.17) is 0 Å². The lowest BCUT2D eigenvalue weighted by atomic mass is 10.2. The molecule has 0 radical (unpaired) electrons. The van der Waals surface area contributed by atoms with E-state index >= 15 is 0 Å². The van der Waals surface area contributed by atoms with E-state index in [2.05, 4.69) is 5.32 Å². The number of carbonyl (C=O) groups excluding carboxylic acids is 3. The Morgan fingerprint density at radius 3 is 2.60 bits per heavy atom. The van der Waals surface area contributed by atoms with E-state index in [0.29, 0.717) is 6.41 Å². The highest BCUT2D eigenvalue weighted by molar-refractivity contribution is 6.09. The summed E-state index contributed by atoms with van der Waals surface area (Å²) in [6.07, 6.45) is 0.588. The molecule has 0 saturated heterocycles. The molecule has 0 unspecified atom stereocenters. The van der Waals surface area contributed by atoms with Crippen molar-refractivity contribution < 1.29 is 14.4 Å². The molecule has 54 valence electrons. The lowest BCUT2D eigenvalue weighted by Crippen LogP contribution is -2.31. The third kappa shape index (κ3) is 1.21. The number of amides is 1. The van der Waals surface area contributed by atoms with E-state index in [1.807, 2.05) is 0 Å². The van der Waals surface area contributed by atoms with E-state index in [1.54, 1.807) is 0 Å². The molecule has 0 aliphatic heterocycles. The predicted molar refractivity (Wildman–Crippen MR) is 32.2 cm³/mol. The van der Waals surface area contributed by atoms with Crippen LogP contribution in [-0.2, 0) is 14.4 Å². The van der Waals surface area contributed by atoms with Crippen LogP contribution in [-0.4, -0.2) is 24.0 Å². The highest BCUT2D eigenvalue weighted by atomic mass is 16.2. The number of ketones is 2. The first-order valence-electron chi connectivity index (χ1n) is 2.98. The maximum absolute atomic E-state index is 10.7. The lowest BCUT2D eigenvalue weighted by molar-refractivity contribution is -0.123. The molecule has 0 aromatic heterocycles. The molecule has 1 N–H and O–H groups in total. The molecule has 1 fully saturated rings. The molecule has 0 spiro atoms. The second-order valence-electron chi connectivity index (χ2n) is 2.22. The van der Waals surface area contributed by atoms with Gasteiger partial charge in [-0.3, -0.25) is 14.4 Å². The summed E-state index contributed by atoms with van der Waals surface area (Å²) in [6, 6.07) is -0.551. The first kappa shape index (κ1) is 6.92. The van der Waals surface area contributed by atoms with Gasteiger partial charge in [0.05, 0.1) is 12.5 Å². The summed E-state index contributed by atoms with van der Waals surface area (Å²) in [5.41, 5.74) is 0. The van der Waals surface area contributed by atoms with Crippen LogP contribution in [0, 0.1) is 0 Å². The molecule has 0 heterocycles. The second kappa shape index (κ2) is 2.60.